The van der Waals surface area contributed by atoms with Crippen LogP contribution in [0.25, 0.3) is 0 Å². The lowest BCUT2D eigenvalue weighted by atomic mass is 9.95. The van der Waals surface area contributed by atoms with Crippen molar-refractivity contribution in [3.05, 3.63) is 21.9 Å². The lowest BCUT2D eigenvalue weighted by Crippen LogP contribution is -2.07. The lowest BCUT2D eigenvalue weighted by molar-refractivity contribution is -0.143. The summed E-state index contributed by atoms with van der Waals surface area (Å²) in [7, 11) is 0. The summed E-state index contributed by atoms with van der Waals surface area (Å²) >= 11 is 8.05. The number of ether oxygens (including phenoxy) is 1. The molecule has 18 heavy (non-hydrogen) atoms. The van der Waals surface area contributed by atoms with Crippen molar-refractivity contribution in [2.24, 2.45) is 0 Å². The molecule has 0 aromatic carbocycles. The van der Waals surface area contributed by atoms with E-state index in [2.05, 4.69) is 32.9 Å². The van der Waals surface area contributed by atoms with Crippen LogP contribution in [0.4, 0.5) is 0 Å². The van der Waals surface area contributed by atoms with Crippen molar-refractivity contribution in [1.29, 1.82) is 0 Å². The first-order valence-corrected chi connectivity index (χ1v) is 7.49. The fourth-order valence-electron chi connectivity index (χ4n) is 1.54. The van der Waals surface area contributed by atoms with Crippen molar-refractivity contribution in [1.82, 2.24) is 0 Å². The third-order valence-electron chi connectivity index (χ3n) is 2.58. The molecule has 0 aliphatic heterocycles. The average molecular weight is 289 g/mol. The summed E-state index contributed by atoms with van der Waals surface area (Å²) in [5.41, 5.74) is 0.153. The molecule has 0 amide bonds. The highest BCUT2D eigenvalue weighted by Crippen LogP contribution is 2.36. The van der Waals surface area contributed by atoms with Gasteiger partial charge < -0.3 is 4.74 Å². The maximum Gasteiger partial charge on any atom is 0.305 e. The Balaban J connectivity index is 2.54. The Kier molecular flexibility index (Phi) is 5.67. The number of rotatable bonds is 5. The first kappa shape index (κ1) is 15.5. The molecule has 0 aliphatic rings. The van der Waals surface area contributed by atoms with Crippen molar-refractivity contribution in [3.63, 3.8) is 0 Å². The molecule has 1 aromatic heterocycles. The van der Waals surface area contributed by atoms with Gasteiger partial charge in [0.1, 0.15) is 0 Å². The highest BCUT2D eigenvalue weighted by atomic mass is 35.5. The number of alkyl halides is 1. The smallest absolute Gasteiger partial charge is 0.305 e. The fourth-order valence-corrected chi connectivity index (χ4v) is 2.94. The van der Waals surface area contributed by atoms with Crippen molar-refractivity contribution in [3.8, 4) is 0 Å². The number of halogens is 1. The van der Waals surface area contributed by atoms with Crippen LogP contribution in [-0.4, -0.2) is 12.6 Å². The maximum atomic E-state index is 11.3. The number of carbonyl (C=O) groups is 1. The first-order chi connectivity index (χ1) is 8.34. The minimum Gasteiger partial charge on any atom is -0.466 e. The van der Waals surface area contributed by atoms with E-state index in [0.29, 0.717) is 19.4 Å². The molecule has 0 radical (unpaired) electrons. The van der Waals surface area contributed by atoms with Crippen LogP contribution in [-0.2, 0) is 14.9 Å². The number of thiophene rings is 1. The number of carbonyl (C=O) groups excluding carboxylic acids is 1. The van der Waals surface area contributed by atoms with E-state index in [4.69, 9.17) is 16.3 Å². The molecule has 0 saturated carbocycles. The van der Waals surface area contributed by atoms with Gasteiger partial charge >= 0.3 is 5.97 Å². The van der Waals surface area contributed by atoms with Crippen molar-refractivity contribution < 1.29 is 9.53 Å². The van der Waals surface area contributed by atoms with E-state index in [9.17, 15) is 4.79 Å². The molecule has 1 aromatic rings. The molecule has 102 valence electrons. The van der Waals surface area contributed by atoms with E-state index in [0.717, 1.165) is 4.88 Å². The number of esters is 1. The summed E-state index contributed by atoms with van der Waals surface area (Å²) in [4.78, 5) is 13.7. The Bertz CT molecular complexity index is 393. The van der Waals surface area contributed by atoms with E-state index in [1.165, 1.54) is 4.88 Å². The second-order valence-electron chi connectivity index (χ2n) is 5.26. The maximum absolute atomic E-state index is 11.3. The molecule has 4 heteroatoms. The summed E-state index contributed by atoms with van der Waals surface area (Å²) in [6.07, 6.45) is 1.01. The zero-order chi connectivity index (χ0) is 13.8. The summed E-state index contributed by atoms with van der Waals surface area (Å²) in [6, 6.07) is 4.19. The Morgan fingerprint density at radius 1 is 1.44 bits per heavy atom. The summed E-state index contributed by atoms with van der Waals surface area (Å²) < 4.78 is 4.89. The zero-order valence-electron chi connectivity index (χ0n) is 11.5. The van der Waals surface area contributed by atoms with Gasteiger partial charge in [-0.15, -0.1) is 22.9 Å². The Labute approximate surface area is 118 Å². The van der Waals surface area contributed by atoms with Gasteiger partial charge in [-0.25, -0.2) is 0 Å². The standard InChI is InChI=1S/C14H21ClO2S/c1-5-17-13(16)9-6-10(15)11-7-8-12(18-11)14(2,3)4/h7-8,10H,5-6,9H2,1-4H3. The van der Waals surface area contributed by atoms with E-state index in [-0.39, 0.29) is 16.8 Å². The molecule has 1 unspecified atom stereocenters. The van der Waals surface area contributed by atoms with Crippen LogP contribution in [0, 0.1) is 0 Å². The van der Waals surface area contributed by atoms with Crippen molar-refractivity contribution in [2.45, 2.75) is 51.3 Å². The van der Waals surface area contributed by atoms with Gasteiger partial charge in [0, 0.05) is 16.2 Å². The fraction of sp³-hybridized carbons (Fsp3) is 0.643. The van der Waals surface area contributed by atoms with E-state index in [1.807, 2.05) is 6.92 Å². The lowest BCUT2D eigenvalue weighted by Gasteiger charge is -2.15. The van der Waals surface area contributed by atoms with Crippen LogP contribution < -0.4 is 0 Å². The predicted molar refractivity (Wildman–Crippen MR) is 77.5 cm³/mol. The Morgan fingerprint density at radius 2 is 2.11 bits per heavy atom. The zero-order valence-corrected chi connectivity index (χ0v) is 13.0. The van der Waals surface area contributed by atoms with Crippen molar-refractivity contribution >= 4 is 28.9 Å². The third-order valence-corrected chi connectivity index (χ3v) is 4.79. The molecule has 0 bridgehead atoms. The van der Waals surface area contributed by atoms with E-state index < -0.39 is 0 Å². The van der Waals surface area contributed by atoms with Gasteiger partial charge in [0.05, 0.1) is 12.0 Å². The highest BCUT2D eigenvalue weighted by Gasteiger charge is 2.19. The Morgan fingerprint density at radius 3 is 2.61 bits per heavy atom. The van der Waals surface area contributed by atoms with Gasteiger partial charge in [-0.1, -0.05) is 20.8 Å². The molecular weight excluding hydrogens is 268 g/mol. The summed E-state index contributed by atoms with van der Waals surface area (Å²) in [5, 5.41) is -0.101. The van der Waals surface area contributed by atoms with Crippen molar-refractivity contribution in [2.75, 3.05) is 6.61 Å². The number of hydrogen-bond donors (Lipinski definition) is 0. The molecule has 1 heterocycles. The largest absolute Gasteiger partial charge is 0.466 e. The molecule has 0 spiro atoms. The minimum atomic E-state index is -0.171. The summed E-state index contributed by atoms with van der Waals surface area (Å²) in [5.74, 6) is -0.171. The van der Waals surface area contributed by atoms with Crippen LogP contribution in [0.2, 0.25) is 0 Å². The van der Waals surface area contributed by atoms with Gasteiger partial charge in [-0.3, -0.25) is 4.79 Å². The molecule has 1 atom stereocenters. The molecule has 1 rings (SSSR count). The van der Waals surface area contributed by atoms with E-state index in [1.54, 1.807) is 11.3 Å². The molecule has 0 aliphatic carbocycles. The minimum absolute atomic E-state index is 0.101. The first-order valence-electron chi connectivity index (χ1n) is 6.24. The second-order valence-corrected chi connectivity index (χ2v) is 6.91. The van der Waals surface area contributed by atoms with Crippen LogP contribution in [0.3, 0.4) is 0 Å². The van der Waals surface area contributed by atoms with E-state index >= 15 is 0 Å². The van der Waals surface area contributed by atoms with Gasteiger partial charge in [0.15, 0.2) is 0 Å². The molecule has 0 saturated heterocycles. The molecular formula is C14H21ClO2S. The molecule has 0 fully saturated rings. The molecule has 2 nitrogen and oxygen atoms in total. The average Bonchev–Trinajstić information content (AvgIpc) is 2.75. The van der Waals surface area contributed by atoms with Crippen LogP contribution in [0.15, 0.2) is 12.1 Å². The second kappa shape index (κ2) is 6.58. The monoisotopic (exact) mass is 288 g/mol. The van der Waals surface area contributed by atoms with Gasteiger partial charge in [-0.05, 0) is 30.9 Å². The number of hydrogen-bond acceptors (Lipinski definition) is 3. The van der Waals surface area contributed by atoms with Gasteiger partial charge in [-0.2, -0.15) is 0 Å². The summed E-state index contributed by atoms with van der Waals surface area (Å²) in [6.45, 7) is 8.79. The van der Waals surface area contributed by atoms with Crippen LogP contribution >= 0.6 is 22.9 Å². The van der Waals surface area contributed by atoms with Gasteiger partial charge in [0.2, 0.25) is 0 Å². The third kappa shape index (κ3) is 4.62. The molecule has 0 N–H and O–H groups in total. The normalized spacial score (nSPS) is 13.4. The SMILES string of the molecule is CCOC(=O)CCC(Cl)c1ccc(C(C)(C)C)s1. The predicted octanol–water partition coefficient (Wildman–Crippen LogP) is 4.67. The van der Waals surface area contributed by atoms with Gasteiger partial charge in [0.25, 0.3) is 0 Å². The quantitative estimate of drug-likeness (QED) is 0.581. The van der Waals surface area contributed by atoms with Crippen LogP contribution in [0.5, 0.6) is 0 Å². The Hall–Kier alpha value is -0.540. The highest BCUT2D eigenvalue weighted by molar-refractivity contribution is 7.12. The topological polar surface area (TPSA) is 26.3 Å². The van der Waals surface area contributed by atoms with Crippen LogP contribution in [0.1, 0.15) is 55.7 Å².